The summed E-state index contributed by atoms with van der Waals surface area (Å²) in [5, 5.41) is 9.98. The van der Waals surface area contributed by atoms with Gasteiger partial charge in [0.2, 0.25) is 0 Å². The summed E-state index contributed by atoms with van der Waals surface area (Å²) in [4.78, 5) is 0. The van der Waals surface area contributed by atoms with Gasteiger partial charge in [0.25, 0.3) is 0 Å². The quantitative estimate of drug-likeness (QED) is 0.666. The summed E-state index contributed by atoms with van der Waals surface area (Å²) in [5.41, 5.74) is 9.69. The van der Waals surface area contributed by atoms with Crippen LogP contribution >= 0.6 is 0 Å². The zero-order valence-corrected chi connectivity index (χ0v) is 13.4. The molecule has 0 bridgehead atoms. The van der Waals surface area contributed by atoms with Crippen LogP contribution in [0.25, 0.3) is 0 Å². The van der Waals surface area contributed by atoms with Gasteiger partial charge < -0.3 is 10.8 Å². The van der Waals surface area contributed by atoms with Gasteiger partial charge in [-0.25, -0.2) is 0 Å². The topological polar surface area (TPSA) is 46.2 Å². The molecule has 0 amide bonds. The van der Waals surface area contributed by atoms with Crippen molar-refractivity contribution < 1.29 is 5.11 Å². The highest BCUT2D eigenvalue weighted by atomic mass is 16.3. The van der Waals surface area contributed by atoms with E-state index < -0.39 is 0 Å². The zero-order valence-electron chi connectivity index (χ0n) is 13.4. The van der Waals surface area contributed by atoms with Crippen molar-refractivity contribution >= 4 is 0 Å². The zero-order chi connectivity index (χ0) is 14.8. The van der Waals surface area contributed by atoms with Gasteiger partial charge in [0.15, 0.2) is 0 Å². The van der Waals surface area contributed by atoms with Gasteiger partial charge in [-0.3, -0.25) is 0 Å². The van der Waals surface area contributed by atoms with E-state index >= 15 is 0 Å². The molecule has 2 fully saturated rings. The molecule has 3 N–H and O–H groups in total. The molecule has 4 aliphatic carbocycles. The van der Waals surface area contributed by atoms with Crippen LogP contribution in [0.1, 0.15) is 58.8 Å². The van der Waals surface area contributed by atoms with Crippen molar-refractivity contribution in [2.45, 2.75) is 64.9 Å². The maximum absolute atomic E-state index is 9.98. The molecule has 0 saturated heterocycles. The van der Waals surface area contributed by atoms with Crippen molar-refractivity contribution in [2.75, 3.05) is 0 Å². The van der Waals surface area contributed by atoms with E-state index in [1.54, 1.807) is 5.57 Å². The van der Waals surface area contributed by atoms with E-state index in [-0.39, 0.29) is 11.5 Å². The van der Waals surface area contributed by atoms with Gasteiger partial charge in [0.05, 0.1) is 6.10 Å². The van der Waals surface area contributed by atoms with Gasteiger partial charge in [-0.05, 0) is 68.1 Å². The number of aliphatic hydroxyl groups excluding tert-OH is 1. The summed E-state index contributed by atoms with van der Waals surface area (Å²) in [6.45, 7) is 4.89. The molecule has 6 atom stereocenters. The van der Waals surface area contributed by atoms with Crippen LogP contribution < -0.4 is 5.73 Å². The molecule has 0 aromatic heterocycles. The molecule has 0 spiro atoms. The average Bonchev–Trinajstić information content (AvgIpc) is 2.76. The molecule has 2 saturated carbocycles. The Kier molecular flexibility index (Phi) is 2.89. The molecular formula is C19H29NO. The van der Waals surface area contributed by atoms with Crippen LogP contribution in [0.4, 0.5) is 0 Å². The van der Waals surface area contributed by atoms with Crippen molar-refractivity contribution in [1.82, 2.24) is 0 Å². The van der Waals surface area contributed by atoms with Gasteiger partial charge in [-0.2, -0.15) is 0 Å². The number of nitrogens with two attached hydrogens (primary N) is 1. The summed E-state index contributed by atoms with van der Waals surface area (Å²) in [6.07, 6.45) is 12.7. The van der Waals surface area contributed by atoms with E-state index in [0.717, 1.165) is 29.9 Å². The van der Waals surface area contributed by atoms with E-state index in [4.69, 9.17) is 5.73 Å². The standard InChI is InChI=1S/C19H29NO/c1-18-9-7-13(21)11-12(18)3-4-14-15-5-6-17(20)19(15,2)10-8-16(14)18/h6,11,13-16,21H,3-5,7-10,20H2,1-2H3/t13?,14-,15-,16+,18-,19-/m0/s1. The Morgan fingerprint density at radius 2 is 1.86 bits per heavy atom. The Morgan fingerprint density at radius 3 is 2.67 bits per heavy atom. The monoisotopic (exact) mass is 287 g/mol. The first kappa shape index (κ1) is 13.9. The minimum atomic E-state index is -0.192. The van der Waals surface area contributed by atoms with E-state index in [1.165, 1.54) is 38.5 Å². The number of hydrogen-bond donors (Lipinski definition) is 2. The SMILES string of the molecule is C[C@]12CCC(O)C=C1CC[C@@H]1[C@H]2CC[C@]2(C)C(N)=CC[C@@H]12. The maximum Gasteiger partial charge on any atom is 0.0724 e. The number of hydrogen-bond acceptors (Lipinski definition) is 2. The fourth-order valence-corrected chi connectivity index (χ4v) is 6.31. The molecule has 0 aromatic carbocycles. The predicted octanol–water partition coefficient (Wildman–Crippen LogP) is 3.76. The highest BCUT2D eigenvalue weighted by molar-refractivity contribution is 5.28. The Bertz CT molecular complexity index is 522. The second-order valence-corrected chi connectivity index (χ2v) is 8.48. The Balaban J connectivity index is 1.68. The summed E-state index contributed by atoms with van der Waals surface area (Å²) >= 11 is 0. The predicted molar refractivity (Wildman–Crippen MR) is 85.4 cm³/mol. The molecule has 2 nitrogen and oxygen atoms in total. The third-order valence-corrected chi connectivity index (χ3v) is 7.73. The van der Waals surface area contributed by atoms with Crippen molar-refractivity contribution in [2.24, 2.45) is 34.3 Å². The van der Waals surface area contributed by atoms with Gasteiger partial charge >= 0.3 is 0 Å². The van der Waals surface area contributed by atoms with E-state index in [0.29, 0.717) is 5.41 Å². The van der Waals surface area contributed by atoms with Crippen LogP contribution in [-0.2, 0) is 0 Å². The Hall–Kier alpha value is -0.760. The molecule has 0 aliphatic heterocycles. The van der Waals surface area contributed by atoms with Crippen LogP contribution in [0, 0.1) is 28.6 Å². The number of fused-ring (bicyclic) bond motifs is 5. The lowest BCUT2D eigenvalue weighted by Gasteiger charge is -2.58. The molecule has 4 rings (SSSR count). The Labute approximate surface area is 128 Å². The summed E-state index contributed by atoms with van der Waals surface area (Å²) in [7, 11) is 0. The smallest absolute Gasteiger partial charge is 0.0724 e. The highest BCUT2D eigenvalue weighted by Gasteiger charge is 2.56. The van der Waals surface area contributed by atoms with Gasteiger partial charge in [-0.1, -0.05) is 31.6 Å². The van der Waals surface area contributed by atoms with Crippen molar-refractivity contribution in [3.8, 4) is 0 Å². The van der Waals surface area contributed by atoms with Gasteiger partial charge in [0.1, 0.15) is 0 Å². The lowest BCUT2D eigenvalue weighted by Crippen LogP contribution is -2.50. The maximum atomic E-state index is 9.98. The van der Waals surface area contributed by atoms with Gasteiger partial charge in [-0.15, -0.1) is 0 Å². The van der Waals surface area contributed by atoms with Gasteiger partial charge in [0, 0.05) is 11.1 Å². The first-order chi connectivity index (χ1) is 9.95. The first-order valence-electron chi connectivity index (χ1n) is 8.80. The summed E-state index contributed by atoms with van der Waals surface area (Å²) in [6, 6.07) is 0. The minimum absolute atomic E-state index is 0.192. The third kappa shape index (κ3) is 1.75. The Morgan fingerprint density at radius 1 is 1.10 bits per heavy atom. The normalized spacial score (nSPS) is 52.3. The number of aliphatic hydroxyl groups is 1. The van der Waals surface area contributed by atoms with Crippen molar-refractivity contribution in [1.29, 1.82) is 0 Å². The third-order valence-electron chi connectivity index (χ3n) is 7.73. The number of rotatable bonds is 0. The molecule has 0 aromatic rings. The summed E-state index contributed by atoms with van der Waals surface area (Å²) < 4.78 is 0. The van der Waals surface area contributed by atoms with E-state index in [2.05, 4.69) is 26.0 Å². The molecule has 4 aliphatic rings. The van der Waals surface area contributed by atoms with Crippen LogP contribution in [0.3, 0.4) is 0 Å². The van der Waals surface area contributed by atoms with E-state index in [1.807, 2.05) is 0 Å². The number of allylic oxidation sites excluding steroid dienone is 3. The lowest BCUT2D eigenvalue weighted by molar-refractivity contribution is -0.0344. The largest absolute Gasteiger partial charge is 0.402 e. The second-order valence-electron chi connectivity index (χ2n) is 8.48. The van der Waals surface area contributed by atoms with Crippen molar-refractivity contribution in [3.63, 3.8) is 0 Å². The first-order valence-corrected chi connectivity index (χ1v) is 8.80. The van der Waals surface area contributed by atoms with E-state index in [9.17, 15) is 5.11 Å². The average molecular weight is 287 g/mol. The lowest BCUT2D eigenvalue weighted by atomic mass is 9.47. The van der Waals surface area contributed by atoms with Crippen molar-refractivity contribution in [3.05, 3.63) is 23.4 Å². The molecular weight excluding hydrogens is 258 g/mol. The van der Waals surface area contributed by atoms with Crippen LogP contribution in [0.5, 0.6) is 0 Å². The second kappa shape index (κ2) is 4.38. The molecule has 2 heteroatoms. The van der Waals surface area contributed by atoms with Crippen LogP contribution in [0.15, 0.2) is 23.4 Å². The molecule has 0 radical (unpaired) electrons. The highest BCUT2D eigenvalue weighted by Crippen LogP contribution is 2.64. The fourth-order valence-electron chi connectivity index (χ4n) is 6.31. The molecule has 116 valence electrons. The molecule has 1 unspecified atom stereocenters. The minimum Gasteiger partial charge on any atom is -0.402 e. The summed E-state index contributed by atoms with van der Waals surface area (Å²) in [5.74, 6) is 2.40. The van der Waals surface area contributed by atoms with Crippen LogP contribution in [-0.4, -0.2) is 11.2 Å². The molecule has 0 heterocycles. The van der Waals surface area contributed by atoms with Crippen LogP contribution in [0.2, 0.25) is 0 Å². The molecule has 21 heavy (non-hydrogen) atoms. The fraction of sp³-hybridized carbons (Fsp3) is 0.789.